The molecule has 7 heteroatoms. The number of pyridine rings is 1. The van der Waals surface area contributed by atoms with E-state index < -0.39 is 17.8 Å². The number of hydrogen-bond acceptors (Lipinski definition) is 2. The first-order valence-electron chi connectivity index (χ1n) is 7.67. The smallest absolute Gasteiger partial charge is 0.433 e. The lowest BCUT2D eigenvalue weighted by Gasteiger charge is -2.09. The van der Waals surface area contributed by atoms with Crippen molar-refractivity contribution in [2.75, 3.05) is 0 Å². The van der Waals surface area contributed by atoms with E-state index in [9.17, 15) is 18.0 Å². The lowest BCUT2D eigenvalue weighted by atomic mass is 10.1. The van der Waals surface area contributed by atoms with Gasteiger partial charge in [-0.25, -0.2) is 4.79 Å². The van der Waals surface area contributed by atoms with E-state index in [1.807, 2.05) is 17.6 Å². The van der Waals surface area contributed by atoms with Crippen LogP contribution in [0.3, 0.4) is 0 Å². The molecule has 0 bridgehead atoms. The second-order valence-corrected chi connectivity index (χ2v) is 5.68. The van der Waals surface area contributed by atoms with Crippen LogP contribution in [0.25, 0.3) is 10.9 Å². The third kappa shape index (κ3) is 3.35. The second kappa shape index (κ2) is 6.23. The molecule has 0 radical (unpaired) electrons. The number of carboxylic acids is 1. The SMILES string of the molecule is CCn1c(Cc2ccc(C(F)(F)F)nc2)cc2cc(C(=O)O)ccc21. The summed E-state index contributed by atoms with van der Waals surface area (Å²) in [5, 5.41) is 9.89. The number of aromatic nitrogens is 2. The van der Waals surface area contributed by atoms with Crippen molar-refractivity contribution in [1.29, 1.82) is 0 Å². The predicted molar refractivity (Wildman–Crippen MR) is 86.6 cm³/mol. The fourth-order valence-corrected chi connectivity index (χ4v) is 2.89. The highest BCUT2D eigenvalue weighted by atomic mass is 19.4. The number of benzene rings is 1. The van der Waals surface area contributed by atoms with Crippen LogP contribution < -0.4 is 0 Å². The summed E-state index contributed by atoms with van der Waals surface area (Å²) in [6, 6.07) is 9.13. The summed E-state index contributed by atoms with van der Waals surface area (Å²) < 4.78 is 39.8. The summed E-state index contributed by atoms with van der Waals surface area (Å²) >= 11 is 0. The van der Waals surface area contributed by atoms with Gasteiger partial charge in [-0.2, -0.15) is 13.2 Å². The maximum atomic E-state index is 12.6. The van der Waals surface area contributed by atoms with E-state index in [1.54, 1.807) is 18.2 Å². The molecular formula is C18H15F3N2O2. The van der Waals surface area contributed by atoms with Crippen LogP contribution >= 0.6 is 0 Å². The molecule has 2 heterocycles. The van der Waals surface area contributed by atoms with Gasteiger partial charge in [0.05, 0.1) is 5.56 Å². The number of carboxylic acid groups (broad SMARTS) is 1. The number of nitrogens with zero attached hydrogens (tertiary/aromatic N) is 2. The molecule has 130 valence electrons. The van der Waals surface area contributed by atoms with Gasteiger partial charge in [0.1, 0.15) is 5.69 Å². The average molecular weight is 348 g/mol. The van der Waals surface area contributed by atoms with Gasteiger partial charge in [-0.3, -0.25) is 4.98 Å². The molecular weight excluding hydrogens is 333 g/mol. The highest BCUT2D eigenvalue weighted by Gasteiger charge is 2.32. The highest BCUT2D eigenvalue weighted by Crippen LogP contribution is 2.28. The van der Waals surface area contributed by atoms with E-state index in [-0.39, 0.29) is 5.56 Å². The molecule has 0 saturated carbocycles. The van der Waals surface area contributed by atoms with Gasteiger partial charge in [0.2, 0.25) is 0 Å². The molecule has 4 nitrogen and oxygen atoms in total. The summed E-state index contributed by atoms with van der Waals surface area (Å²) in [7, 11) is 0. The van der Waals surface area contributed by atoms with Crippen molar-refractivity contribution in [2.45, 2.75) is 26.1 Å². The van der Waals surface area contributed by atoms with Crippen LogP contribution in [0.2, 0.25) is 0 Å². The van der Waals surface area contributed by atoms with Crippen LogP contribution in [0, 0.1) is 0 Å². The minimum Gasteiger partial charge on any atom is -0.478 e. The number of rotatable bonds is 4. The van der Waals surface area contributed by atoms with Crippen molar-refractivity contribution in [3.63, 3.8) is 0 Å². The molecule has 0 aliphatic carbocycles. The first kappa shape index (κ1) is 17.0. The molecule has 0 saturated heterocycles. The Morgan fingerprint density at radius 3 is 2.52 bits per heavy atom. The van der Waals surface area contributed by atoms with Crippen LogP contribution in [0.1, 0.15) is 34.2 Å². The van der Waals surface area contributed by atoms with E-state index in [4.69, 9.17) is 5.11 Å². The Balaban J connectivity index is 1.96. The molecule has 2 aromatic heterocycles. The molecule has 25 heavy (non-hydrogen) atoms. The molecule has 1 N–H and O–H groups in total. The van der Waals surface area contributed by atoms with Crippen LogP contribution in [-0.4, -0.2) is 20.6 Å². The number of hydrogen-bond donors (Lipinski definition) is 1. The summed E-state index contributed by atoms with van der Waals surface area (Å²) in [6.07, 6.45) is -2.82. The third-order valence-electron chi connectivity index (χ3n) is 4.05. The monoisotopic (exact) mass is 348 g/mol. The average Bonchev–Trinajstić information content (AvgIpc) is 2.90. The number of aromatic carboxylic acids is 1. The van der Waals surface area contributed by atoms with Gasteiger partial charge in [0.15, 0.2) is 0 Å². The lowest BCUT2D eigenvalue weighted by molar-refractivity contribution is -0.141. The molecule has 0 unspecified atom stereocenters. The van der Waals surface area contributed by atoms with Gasteiger partial charge in [0.25, 0.3) is 0 Å². The van der Waals surface area contributed by atoms with Crippen molar-refractivity contribution in [2.24, 2.45) is 0 Å². The van der Waals surface area contributed by atoms with Crippen LogP contribution in [0.5, 0.6) is 0 Å². The Kier molecular flexibility index (Phi) is 4.24. The molecule has 0 spiro atoms. The zero-order valence-electron chi connectivity index (χ0n) is 13.3. The Hall–Kier alpha value is -2.83. The zero-order valence-corrected chi connectivity index (χ0v) is 13.3. The number of aryl methyl sites for hydroxylation is 1. The first-order chi connectivity index (χ1) is 11.8. The Labute approximate surface area is 141 Å². The van der Waals surface area contributed by atoms with Gasteiger partial charge >= 0.3 is 12.1 Å². The number of carbonyl (C=O) groups is 1. The molecule has 0 aliphatic rings. The molecule has 1 aromatic carbocycles. The largest absolute Gasteiger partial charge is 0.478 e. The second-order valence-electron chi connectivity index (χ2n) is 5.68. The molecule has 3 rings (SSSR count). The van der Waals surface area contributed by atoms with Gasteiger partial charge in [-0.15, -0.1) is 0 Å². The molecule has 0 atom stereocenters. The van der Waals surface area contributed by atoms with Crippen molar-refractivity contribution in [3.05, 3.63) is 65.1 Å². The van der Waals surface area contributed by atoms with E-state index in [2.05, 4.69) is 4.98 Å². The summed E-state index contributed by atoms with van der Waals surface area (Å²) in [5.74, 6) is -1.00. The Bertz CT molecular complexity index is 928. The van der Waals surface area contributed by atoms with Crippen molar-refractivity contribution >= 4 is 16.9 Å². The van der Waals surface area contributed by atoms with Crippen LogP contribution in [0.15, 0.2) is 42.6 Å². The van der Waals surface area contributed by atoms with E-state index in [1.165, 1.54) is 12.3 Å². The fraction of sp³-hybridized carbons (Fsp3) is 0.222. The molecule has 0 aliphatic heterocycles. The van der Waals surface area contributed by atoms with Crippen LogP contribution in [-0.2, 0) is 19.1 Å². The fourth-order valence-electron chi connectivity index (χ4n) is 2.89. The minimum absolute atomic E-state index is 0.198. The quantitative estimate of drug-likeness (QED) is 0.762. The molecule has 0 amide bonds. The van der Waals surface area contributed by atoms with Gasteiger partial charge < -0.3 is 9.67 Å². The maximum Gasteiger partial charge on any atom is 0.433 e. The normalized spacial score (nSPS) is 11.8. The highest BCUT2D eigenvalue weighted by molar-refractivity contribution is 5.94. The predicted octanol–water partition coefficient (Wildman–Crippen LogP) is 4.36. The van der Waals surface area contributed by atoms with Crippen molar-refractivity contribution in [1.82, 2.24) is 9.55 Å². The van der Waals surface area contributed by atoms with E-state index in [0.29, 0.717) is 18.5 Å². The van der Waals surface area contributed by atoms with Gasteiger partial charge in [0, 0.05) is 35.8 Å². The topological polar surface area (TPSA) is 55.1 Å². The molecule has 0 fully saturated rings. The lowest BCUT2D eigenvalue weighted by Crippen LogP contribution is -2.08. The zero-order chi connectivity index (χ0) is 18.2. The first-order valence-corrected chi connectivity index (χ1v) is 7.67. The summed E-state index contributed by atoms with van der Waals surface area (Å²) in [6.45, 7) is 2.62. The van der Waals surface area contributed by atoms with E-state index in [0.717, 1.165) is 22.7 Å². The summed E-state index contributed by atoms with van der Waals surface area (Å²) in [5.41, 5.74) is 1.72. The minimum atomic E-state index is -4.45. The van der Waals surface area contributed by atoms with Gasteiger partial charge in [-0.05, 0) is 42.8 Å². The summed E-state index contributed by atoms with van der Waals surface area (Å²) in [4.78, 5) is 14.6. The Morgan fingerprint density at radius 1 is 1.20 bits per heavy atom. The number of alkyl halides is 3. The van der Waals surface area contributed by atoms with Crippen molar-refractivity contribution < 1.29 is 23.1 Å². The Morgan fingerprint density at radius 2 is 1.96 bits per heavy atom. The third-order valence-corrected chi connectivity index (χ3v) is 4.05. The van der Waals surface area contributed by atoms with E-state index >= 15 is 0 Å². The number of halogens is 3. The molecule has 3 aromatic rings. The van der Waals surface area contributed by atoms with Crippen molar-refractivity contribution in [3.8, 4) is 0 Å². The van der Waals surface area contributed by atoms with Crippen LogP contribution in [0.4, 0.5) is 13.2 Å². The standard InChI is InChI=1S/C18H15F3N2O2/c1-2-23-14(7-11-3-6-16(22-10-11)18(19,20)21)9-13-8-12(17(24)25)4-5-15(13)23/h3-6,8-10H,2,7H2,1H3,(H,24,25). The number of fused-ring (bicyclic) bond motifs is 1. The maximum absolute atomic E-state index is 12.6. The van der Waals surface area contributed by atoms with Gasteiger partial charge in [-0.1, -0.05) is 6.07 Å².